The molecule has 0 radical (unpaired) electrons. The van der Waals surface area contributed by atoms with Gasteiger partial charge in [-0.15, -0.1) is 0 Å². The van der Waals surface area contributed by atoms with Crippen molar-refractivity contribution in [2.75, 3.05) is 13.1 Å². The largest absolute Gasteiger partial charge is 0.507 e. The number of H-pyrrole nitrogens is 1. The molecule has 3 aromatic rings. The maximum absolute atomic E-state index is 13.3. The van der Waals surface area contributed by atoms with Crippen molar-refractivity contribution in [1.82, 2.24) is 9.71 Å². The smallest absolute Gasteiger partial charge is 0.244 e. The van der Waals surface area contributed by atoms with Crippen LogP contribution in [0, 0.1) is 5.82 Å². The maximum Gasteiger partial charge on any atom is 0.244 e. The van der Waals surface area contributed by atoms with Gasteiger partial charge in [0, 0.05) is 35.8 Å². The minimum atomic E-state index is -3.88. The number of benzene rings is 2. The molecular formula is C16H16FN3O3S. The normalized spacial score (nSPS) is 11.9. The molecule has 0 aliphatic heterocycles. The molecule has 24 heavy (non-hydrogen) atoms. The number of sulfonamides is 1. The molecule has 0 bridgehead atoms. The highest BCUT2D eigenvalue weighted by molar-refractivity contribution is 7.89. The van der Waals surface area contributed by atoms with E-state index in [1.54, 1.807) is 18.3 Å². The van der Waals surface area contributed by atoms with E-state index in [0.717, 1.165) is 5.39 Å². The topological polar surface area (TPSA) is 108 Å². The van der Waals surface area contributed by atoms with Crippen molar-refractivity contribution < 1.29 is 17.9 Å². The van der Waals surface area contributed by atoms with E-state index in [9.17, 15) is 17.9 Å². The lowest BCUT2D eigenvalue weighted by molar-refractivity contribution is 0.458. The molecule has 1 aromatic heterocycles. The van der Waals surface area contributed by atoms with Gasteiger partial charge < -0.3 is 15.8 Å². The second-order valence-electron chi connectivity index (χ2n) is 5.26. The highest BCUT2D eigenvalue weighted by atomic mass is 32.2. The molecule has 0 atom stereocenters. The number of hydrogen-bond acceptors (Lipinski definition) is 4. The third-order valence-electron chi connectivity index (χ3n) is 3.64. The Balaban J connectivity index is 2.11. The fourth-order valence-corrected chi connectivity index (χ4v) is 3.67. The quantitative estimate of drug-likeness (QED) is 0.564. The Hall–Kier alpha value is -2.42. The summed E-state index contributed by atoms with van der Waals surface area (Å²) in [6.45, 7) is 0.214. The van der Waals surface area contributed by atoms with Crippen molar-refractivity contribution in [3.63, 3.8) is 0 Å². The lowest BCUT2D eigenvalue weighted by Crippen LogP contribution is -2.29. The number of aromatic nitrogens is 1. The van der Waals surface area contributed by atoms with E-state index in [0.29, 0.717) is 16.6 Å². The summed E-state index contributed by atoms with van der Waals surface area (Å²) in [5, 5.41) is 10.7. The van der Waals surface area contributed by atoms with Crippen LogP contribution in [0.3, 0.4) is 0 Å². The zero-order valence-corrected chi connectivity index (χ0v) is 13.4. The molecule has 6 nitrogen and oxygen atoms in total. The predicted molar refractivity (Wildman–Crippen MR) is 89.6 cm³/mol. The van der Waals surface area contributed by atoms with E-state index in [1.807, 2.05) is 0 Å². The van der Waals surface area contributed by atoms with Gasteiger partial charge in [-0.25, -0.2) is 17.5 Å². The molecule has 0 fully saturated rings. The number of nitrogens with two attached hydrogens (primary N) is 1. The van der Waals surface area contributed by atoms with Gasteiger partial charge in [-0.3, -0.25) is 0 Å². The summed E-state index contributed by atoms with van der Waals surface area (Å²) in [5.41, 5.74) is 7.20. The average Bonchev–Trinajstić information content (AvgIpc) is 2.96. The number of aromatic amines is 1. The standard InChI is InChI=1S/C16H16FN3O3S/c17-11-2-3-12-13(9-19-14(12)8-11)10-1-4-15(21)16(7-10)24(22,23)20-6-5-18/h1-4,7-9,19-21H,5-6,18H2. The molecule has 126 valence electrons. The van der Waals surface area contributed by atoms with Crippen LogP contribution in [0.25, 0.3) is 22.0 Å². The number of nitrogens with one attached hydrogen (secondary N) is 2. The van der Waals surface area contributed by atoms with Crippen LogP contribution in [0.1, 0.15) is 0 Å². The highest BCUT2D eigenvalue weighted by Crippen LogP contribution is 2.33. The van der Waals surface area contributed by atoms with Crippen LogP contribution >= 0.6 is 0 Å². The number of phenolic OH excluding ortho intramolecular Hbond substituents is 1. The summed E-state index contributed by atoms with van der Waals surface area (Å²) in [6.07, 6.45) is 1.67. The number of hydrogen-bond donors (Lipinski definition) is 4. The van der Waals surface area contributed by atoms with E-state index in [-0.39, 0.29) is 29.6 Å². The first-order valence-corrected chi connectivity index (χ1v) is 8.70. The summed E-state index contributed by atoms with van der Waals surface area (Å²) in [6, 6.07) is 8.60. The summed E-state index contributed by atoms with van der Waals surface area (Å²) < 4.78 is 40.1. The van der Waals surface area contributed by atoms with E-state index < -0.39 is 10.0 Å². The van der Waals surface area contributed by atoms with Crippen LogP contribution < -0.4 is 10.5 Å². The Morgan fingerprint density at radius 3 is 2.75 bits per heavy atom. The summed E-state index contributed by atoms with van der Waals surface area (Å²) in [7, 11) is -3.88. The van der Waals surface area contributed by atoms with Crippen LogP contribution in [0.5, 0.6) is 5.75 Å². The van der Waals surface area contributed by atoms with Gasteiger partial charge in [-0.05, 0) is 35.9 Å². The molecular weight excluding hydrogens is 333 g/mol. The maximum atomic E-state index is 13.3. The van der Waals surface area contributed by atoms with Crippen LogP contribution in [0.4, 0.5) is 4.39 Å². The monoisotopic (exact) mass is 349 g/mol. The zero-order chi connectivity index (χ0) is 17.3. The van der Waals surface area contributed by atoms with Crippen LogP contribution in [-0.4, -0.2) is 31.6 Å². The molecule has 5 N–H and O–H groups in total. The Kier molecular flexibility index (Phi) is 4.27. The fraction of sp³-hybridized carbons (Fsp3) is 0.125. The average molecular weight is 349 g/mol. The van der Waals surface area contributed by atoms with Gasteiger partial charge in [-0.2, -0.15) is 0 Å². The van der Waals surface area contributed by atoms with Crippen LogP contribution in [-0.2, 0) is 10.0 Å². The molecule has 8 heteroatoms. The Morgan fingerprint density at radius 1 is 1.21 bits per heavy atom. The molecule has 1 heterocycles. The second kappa shape index (κ2) is 6.23. The molecule has 0 unspecified atom stereocenters. The van der Waals surface area contributed by atoms with Gasteiger partial charge >= 0.3 is 0 Å². The molecule has 3 rings (SSSR count). The first-order valence-electron chi connectivity index (χ1n) is 7.22. The van der Waals surface area contributed by atoms with Crippen molar-refractivity contribution in [1.29, 1.82) is 0 Å². The van der Waals surface area contributed by atoms with Gasteiger partial charge in [0.2, 0.25) is 10.0 Å². The molecule has 2 aromatic carbocycles. The third kappa shape index (κ3) is 2.99. The molecule has 0 saturated carbocycles. The minimum absolute atomic E-state index is 0.0678. The summed E-state index contributed by atoms with van der Waals surface area (Å²) >= 11 is 0. The Morgan fingerprint density at radius 2 is 2.00 bits per heavy atom. The van der Waals surface area contributed by atoms with Gasteiger partial charge in [0.15, 0.2) is 0 Å². The van der Waals surface area contributed by atoms with Crippen molar-refractivity contribution in [3.05, 3.63) is 48.4 Å². The minimum Gasteiger partial charge on any atom is -0.507 e. The second-order valence-corrected chi connectivity index (χ2v) is 7.00. The number of rotatable bonds is 5. The van der Waals surface area contributed by atoms with Gasteiger partial charge in [0.25, 0.3) is 0 Å². The number of halogens is 1. The van der Waals surface area contributed by atoms with Crippen molar-refractivity contribution in [3.8, 4) is 16.9 Å². The molecule has 0 aliphatic carbocycles. The van der Waals surface area contributed by atoms with Crippen molar-refractivity contribution in [2.45, 2.75) is 4.90 Å². The Labute approximate surface area is 138 Å². The predicted octanol–water partition coefficient (Wildman–Crippen LogP) is 1.92. The van der Waals surface area contributed by atoms with Crippen molar-refractivity contribution in [2.24, 2.45) is 5.73 Å². The summed E-state index contributed by atoms with van der Waals surface area (Å²) in [4.78, 5) is 2.72. The SMILES string of the molecule is NCCNS(=O)(=O)c1cc(-c2c[nH]c3cc(F)ccc23)ccc1O. The van der Waals surface area contributed by atoms with E-state index >= 15 is 0 Å². The number of fused-ring (bicyclic) bond motifs is 1. The third-order valence-corrected chi connectivity index (χ3v) is 5.13. The van der Waals surface area contributed by atoms with E-state index in [4.69, 9.17) is 5.73 Å². The molecule has 0 spiro atoms. The highest BCUT2D eigenvalue weighted by Gasteiger charge is 2.19. The van der Waals surface area contributed by atoms with Gasteiger partial charge in [-0.1, -0.05) is 6.07 Å². The zero-order valence-electron chi connectivity index (χ0n) is 12.6. The lowest BCUT2D eigenvalue weighted by atomic mass is 10.0. The molecule has 0 aliphatic rings. The number of phenols is 1. The number of aromatic hydroxyl groups is 1. The molecule has 0 amide bonds. The Bertz CT molecular complexity index is 999. The van der Waals surface area contributed by atoms with Gasteiger partial charge in [0.1, 0.15) is 16.5 Å². The van der Waals surface area contributed by atoms with Crippen LogP contribution in [0.15, 0.2) is 47.5 Å². The first kappa shape index (κ1) is 16.4. The first-order chi connectivity index (χ1) is 11.4. The van der Waals surface area contributed by atoms with Crippen LogP contribution in [0.2, 0.25) is 0 Å². The molecule has 0 saturated heterocycles. The lowest BCUT2D eigenvalue weighted by Gasteiger charge is -2.09. The van der Waals surface area contributed by atoms with E-state index in [2.05, 4.69) is 9.71 Å². The van der Waals surface area contributed by atoms with Crippen molar-refractivity contribution >= 4 is 20.9 Å². The van der Waals surface area contributed by atoms with Gasteiger partial charge in [0.05, 0.1) is 0 Å². The summed E-state index contributed by atoms with van der Waals surface area (Å²) in [5.74, 6) is -0.718. The van der Waals surface area contributed by atoms with E-state index in [1.165, 1.54) is 24.3 Å². The fourth-order valence-electron chi connectivity index (χ4n) is 2.51.